The molecule has 0 bridgehead atoms. The summed E-state index contributed by atoms with van der Waals surface area (Å²) in [5.74, 6) is 0. The summed E-state index contributed by atoms with van der Waals surface area (Å²) in [5, 5.41) is 0. The van der Waals surface area contributed by atoms with Crippen molar-refractivity contribution >= 4 is 25.7 Å². The quantitative estimate of drug-likeness (QED) is 0.708. The Morgan fingerprint density at radius 1 is 0.941 bits per heavy atom. The number of hydrogen-bond acceptors (Lipinski definition) is 4. The van der Waals surface area contributed by atoms with Crippen LogP contribution in [0.3, 0.4) is 0 Å². The summed E-state index contributed by atoms with van der Waals surface area (Å²) in [6.07, 6.45) is -2.77. The highest BCUT2D eigenvalue weighted by atomic mass is 28.5. The van der Waals surface area contributed by atoms with Crippen molar-refractivity contribution in [2.45, 2.75) is 51.6 Å². The lowest BCUT2D eigenvalue weighted by Gasteiger charge is -2.36. The molecule has 0 radical (unpaired) electrons. The Bertz CT molecular complexity index is 224. The van der Waals surface area contributed by atoms with Crippen LogP contribution in [0, 0.1) is 0 Å². The molecule has 0 aromatic carbocycles. The molecule has 0 fully saturated rings. The van der Waals surface area contributed by atoms with Crippen LogP contribution in [0.1, 0.15) is 6.42 Å². The van der Waals surface area contributed by atoms with E-state index in [1.54, 1.807) is 32.7 Å². The third-order valence-electron chi connectivity index (χ3n) is 1.75. The molecule has 0 rings (SSSR count). The molecule has 0 aliphatic heterocycles. The van der Waals surface area contributed by atoms with Gasteiger partial charge in [-0.25, -0.2) is 8.78 Å². The molecule has 0 saturated heterocycles. The van der Waals surface area contributed by atoms with Gasteiger partial charge in [0.25, 0.3) is 0 Å². The third kappa shape index (κ3) is 10.00. The van der Waals surface area contributed by atoms with Crippen molar-refractivity contribution in [1.82, 2.24) is 0 Å². The maximum Gasteiger partial charge on any atom is 0.320 e. The fraction of sp³-hybridized carbons (Fsp3) is 1.00. The molecule has 0 amide bonds. The molecule has 0 aromatic rings. The molecule has 0 atom stereocenters. The van der Waals surface area contributed by atoms with Crippen molar-refractivity contribution in [3.05, 3.63) is 0 Å². The van der Waals surface area contributed by atoms with Crippen LogP contribution in [-0.2, 0) is 8.23 Å². The van der Waals surface area contributed by atoms with Crippen molar-refractivity contribution in [3.8, 4) is 0 Å². The van der Waals surface area contributed by atoms with E-state index in [1.165, 1.54) is 0 Å². The van der Waals surface area contributed by atoms with Crippen LogP contribution < -0.4 is 0 Å². The first-order valence-electron chi connectivity index (χ1n) is 5.46. The highest BCUT2D eigenvalue weighted by Gasteiger charge is 2.43. The van der Waals surface area contributed by atoms with Crippen molar-refractivity contribution in [3.63, 3.8) is 0 Å². The van der Waals surface area contributed by atoms with Crippen molar-refractivity contribution in [2.24, 2.45) is 0 Å². The smallest absolute Gasteiger partial charge is 0.320 e. The zero-order valence-electron chi connectivity index (χ0n) is 11.0. The van der Waals surface area contributed by atoms with Crippen LogP contribution in [-0.4, -0.2) is 41.7 Å². The molecular formula is C8H22F2O4Si3. The molecule has 17 heavy (non-hydrogen) atoms. The second kappa shape index (κ2) is 6.00. The maximum absolute atomic E-state index is 12.2. The normalized spacial score (nSPS) is 14.5. The molecule has 0 aliphatic carbocycles. The molecule has 0 aliphatic rings. The van der Waals surface area contributed by atoms with E-state index in [2.05, 4.69) is 0 Å². The van der Waals surface area contributed by atoms with Gasteiger partial charge in [-0.15, -0.1) is 0 Å². The Balaban J connectivity index is 4.69. The first-order valence-corrected chi connectivity index (χ1v) is 13.7. The number of hydrogen-bond donors (Lipinski definition) is 2. The SMILES string of the molecule is C[Si](C)(O)O[Si](C)(CCC(F)F)O[Si](C)(C)O. The highest BCUT2D eigenvalue weighted by molar-refractivity contribution is 6.84. The van der Waals surface area contributed by atoms with Crippen LogP contribution in [0.5, 0.6) is 0 Å². The van der Waals surface area contributed by atoms with E-state index in [4.69, 9.17) is 8.23 Å². The van der Waals surface area contributed by atoms with E-state index >= 15 is 0 Å². The lowest BCUT2D eigenvalue weighted by atomic mass is 10.5. The van der Waals surface area contributed by atoms with Gasteiger partial charge in [-0.1, -0.05) is 0 Å². The summed E-state index contributed by atoms with van der Waals surface area (Å²) in [7, 11) is -8.66. The Labute approximate surface area is 104 Å². The highest BCUT2D eigenvalue weighted by Crippen LogP contribution is 2.25. The van der Waals surface area contributed by atoms with E-state index in [0.29, 0.717) is 0 Å². The summed E-state index contributed by atoms with van der Waals surface area (Å²) >= 11 is 0. The van der Waals surface area contributed by atoms with Crippen molar-refractivity contribution in [1.29, 1.82) is 0 Å². The van der Waals surface area contributed by atoms with Crippen molar-refractivity contribution < 1.29 is 26.6 Å². The largest absolute Gasteiger partial charge is 0.415 e. The predicted molar refractivity (Wildman–Crippen MR) is 68.6 cm³/mol. The van der Waals surface area contributed by atoms with Gasteiger partial charge in [-0.3, -0.25) is 0 Å². The summed E-state index contributed by atoms with van der Waals surface area (Å²) < 4.78 is 35.5. The first-order chi connectivity index (χ1) is 7.33. The van der Waals surface area contributed by atoms with Crippen LogP contribution in [0.15, 0.2) is 0 Å². The van der Waals surface area contributed by atoms with E-state index in [0.717, 1.165) is 0 Å². The number of rotatable bonds is 7. The number of alkyl halides is 2. The summed E-state index contributed by atoms with van der Waals surface area (Å²) in [5.41, 5.74) is 0. The summed E-state index contributed by atoms with van der Waals surface area (Å²) in [6, 6.07) is 0.0681. The van der Waals surface area contributed by atoms with Gasteiger partial charge in [0.2, 0.25) is 6.43 Å². The lowest BCUT2D eigenvalue weighted by Crippen LogP contribution is -2.54. The van der Waals surface area contributed by atoms with Crippen LogP contribution in [0.2, 0.25) is 38.8 Å². The molecule has 0 unspecified atom stereocenters. The molecule has 0 spiro atoms. The minimum Gasteiger partial charge on any atom is -0.415 e. The second-order valence-electron chi connectivity index (χ2n) is 5.16. The second-order valence-corrected chi connectivity index (χ2v) is 15.3. The van der Waals surface area contributed by atoms with Crippen LogP contribution in [0.25, 0.3) is 0 Å². The molecule has 0 aromatic heterocycles. The monoisotopic (exact) mass is 304 g/mol. The standard InChI is InChI=1S/C8H22F2O4Si3/c1-15(2,11)13-17(5,7-6-8(9)10)14-16(3,4)12/h8,11-12H,6-7H2,1-5H3. The fourth-order valence-corrected chi connectivity index (χ4v) is 12.1. The van der Waals surface area contributed by atoms with Gasteiger partial charge in [0, 0.05) is 6.42 Å². The zero-order chi connectivity index (χ0) is 13.9. The lowest BCUT2D eigenvalue weighted by molar-refractivity contribution is 0.139. The average Bonchev–Trinajstić information content (AvgIpc) is 1.93. The van der Waals surface area contributed by atoms with Gasteiger partial charge in [0.15, 0.2) is 0 Å². The molecule has 4 nitrogen and oxygen atoms in total. The van der Waals surface area contributed by atoms with Gasteiger partial charge in [0.05, 0.1) is 0 Å². The van der Waals surface area contributed by atoms with Crippen molar-refractivity contribution in [2.75, 3.05) is 0 Å². The minimum atomic E-state index is -2.94. The maximum atomic E-state index is 12.2. The van der Waals surface area contributed by atoms with E-state index in [9.17, 15) is 18.4 Å². The topological polar surface area (TPSA) is 58.9 Å². The Morgan fingerprint density at radius 2 is 1.29 bits per heavy atom. The molecule has 9 heteroatoms. The molecule has 0 saturated carbocycles. The predicted octanol–water partition coefficient (Wildman–Crippen LogP) is 2.14. The summed E-state index contributed by atoms with van der Waals surface area (Å²) in [6.45, 7) is 7.82. The minimum absolute atomic E-state index is 0.0681. The number of halogens is 2. The zero-order valence-corrected chi connectivity index (χ0v) is 14.0. The van der Waals surface area contributed by atoms with E-state index in [-0.39, 0.29) is 12.5 Å². The molecule has 104 valence electrons. The molecule has 2 N–H and O–H groups in total. The van der Waals surface area contributed by atoms with Gasteiger partial charge in [-0.2, -0.15) is 0 Å². The van der Waals surface area contributed by atoms with E-state index in [1.807, 2.05) is 0 Å². The van der Waals surface area contributed by atoms with Gasteiger partial charge in [-0.05, 0) is 38.8 Å². The fourth-order valence-electron chi connectivity index (χ4n) is 1.55. The first kappa shape index (κ1) is 17.4. The van der Waals surface area contributed by atoms with Crippen LogP contribution >= 0.6 is 0 Å². The van der Waals surface area contributed by atoms with Gasteiger partial charge >= 0.3 is 25.7 Å². The molecular weight excluding hydrogens is 282 g/mol. The van der Waals surface area contributed by atoms with E-state index < -0.39 is 32.1 Å². The Kier molecular flexibility index (Phi) is 6.12. The Morgan fingerprint density at radius 3 is 1.53 bits per heavy atom. The molecule has 0 heterocycles. The summed E-state index contributed by atoms with van der Waals surface area (Å²) in [4.78, 5) is 19.5. The Hall–Kier alpha value is 0.351. The van der Waals surface area contributed by atoms with Crippen LogP contribution in [0.4, 0.5) is 8.78 Å². The van der Waals surface area contributed by atoms with Gasteiger partial charge in [0.1, 0.15) is 0 Å². The van der Waals surface area contributed by atoms with Gasteiger partial charge < -0.3 is 17.8 Å². The third-order valence-corrected chi connectivity index (χ3v) is 10.4. The average molecular weight is 305 g/mol.